The van der Waals surface area contributed by atoms with Gasteiger partial charge in [-0.2, -0.15) is 0 Å². The van der Waals surface area contributed by atoms with Crippen LogP contribution in [0.15, 0.2) is 24.3 Å². The lowest BCUT2D eigenvalue weighted by molar-refractivity contribution is -0.0557. The molecule has 0 spiro atoms. The molecule has 1 fully saturated rings. The summed E-state index contributed by atoms with van der Waals surface area (Å²) in [5.41, 5.74) is 0.426. The van der Waals surface area contributed by atoms with Crippen molar-refractivity contribution in [3.05, 3.63) is 29.8 Å². The third kappa shape index (κ3) is 2.54. The molecule has 1 saturated carbocycles. The van der Waals surface area contributed by atoms with E-state index in [1.807, 2.05) is 31.2 Å². The van der Waals surface area contributed by atoms with Crippen molar-refractivity contribution in [1.82, 2.24) is 0 Å². The van der Waals surface area contributed by atoms with E-state index in [0.717, 1.165) is 37.0 Å². The van der Waals surface area contributed by atoms with E-state index in [-0.39, 0.29) is 0 Å². The Kier molecular flexibility index (Phi) is 4.28. The highest BCUT2D eigenvalue weighted by Gasteiger charge is 2.39. The minimum atomic E-state index is -0.627. The van der Waals surface area contributed by atoms with Gasteiger partial charge in [0.05, 0.1) is 12.2 Å². The second-order valence-corrected chi connectivity index (χ2v) is 5.23. The quantitative estimate of drug-likeness (QED) is 0.876. The molecular weight excluding hydrogens is 224 g/mol. The maximum Gasteiger partial charge on any atom is 0.119 e. The number of benzene rings is 1. The molecule has 2 nitrogen and oxygen atoms in total. The van der Waals surface area contributed by atoms with Crippen LogP contribution in [-0.4, -0.2) is 11.7 Å². The molecule has 2 rings (SSSR count). The summed E-state index contributed by atoms with van der Waals surface area (Å²) >= 11 is 0. The third-order valence-electron chi connectivity index (χ3n) is 4.19. The molecule has 1 aromatic carbocycles. The molecule has 0 bridgehead atoms. The molecule has 0 radical (unpaired) electrons. The molecule has 1 aliphatic rings. The highest BCUT2D eigenvalue weighted by Crippen LogP contribution is 2.43. The van der Waals surface area contributed by atoms with E-state index in [2.05, 4.69) is 6.92 Å². The van der Waals surface area contributed by atoms with Crippen LogP contribution >= 0.6 is 0 Å². The fraction of sp³-hybridized carbons (Fsp3) is 0.625. The zero-order chi connectivity index (χ0) is 13.0. The van der Waals surface area contributed by atoms with Gasteiger partial charge in [0.2, 0.25) is 0 Å². The molecule has 2 heteroatoms. The highest BCUT2D eigenvalue weighted by atomic mass is 16.5. The van der Waals surface area contributed by atoms with E-state index in [1.54, 1.807) is 0 Å². The van der Waals surface area contributed by atoms with Crippen LogP contribution in [0.4, 0.5) is 0 Å². The first kappa shape index (κ1) is 13.4. The molecule has 1 aromatic rings. The van der Waals surface area contributed by atoms with Crippen molar-refractivity contribution < 1.29 is 9.84 Å². The summed E-state index contributed by atoms with van der Waals surface area (Å²) in [6, 6.07) is 7.99. The molecule has 18 heavy (non-hydrogen) atoms. The van der Waals surface area contributed by atoms with Gasteiger partial charge in [-0.05, 0) is 43.4 Å². The lowest BCUT2D eigenvalue weighted by Gasteiger charge is -2.40. The van der Waals surface area contributed by atoms with Crippen LogP contribution < -0.4 is 4.74 Å². The van der Waals surface area contributed by atoms with E-state index in [4.69, 9.17) is 4.74 Å². The number of hydrogen-bond donors (Lipinski definition) is 1. The van der Waals surface area contributed by atoms with Crippen molar-refractivity contribution in [2.45, 2.75) is 51.6 Å². The van der Waals surface area contributed by atoms with Crippen LogP contribution in [0.25, 0.3) is 0 Å². The van der Waals surface area contributed by atoms with Crippen LogP contribution in [-0.2, 0) is 5.60 Å². The molecule has 0 aliphatic heterocycles. The Morgan fingerprint density at radius 2 is 1.94 bits per heavy atom. The number of rotatable bonds is 4. The first-order valence-electron chi connectivity index (χ1n) is 7.16. The van der Waals surface area contributed by atoms with Crippen LogP contribution in [0.3, 0.4) is 0 Å². The molecule has 1 aliphatic carbocycles. The fourth-order valence-corrected chi connectivity index (χ4v) is 3.16. The summed E-state index contributed by atoms with van der Waals surface area (Å²) in [6.45, 7) is 4.84. The average molecular weight is 248 g/mol. The van der Waals surface area contributed by atoms with Gasteiger partial charge in [-0.25, -0.2) is 0 Å². The van der Waals surface area contributed by atoms with Crippen LogP contribution in [0.5, 0.6) is 5.75 Å². The summed E-state index contributed by atoms with van der Waals surface area (Å²) in [5, 5.41) is 11.0. The maximum atomic E-state index is 11.0. The Morgan fingerprint density at radius 3 is 2.56 bits per heavy atom. The number of hydrogen-bond acceptors (Lipinski definition) is 2. The Hall–Kier alpha value is -1.02. The SMILES string of the molecule is CCOc1ccc(C2(O)CCCCC2CC)cc1. The van der Waals surface area contributed by atoms with Gasteiger partial charge in [-0.1, -0.05) is 38.3 Å². The van der Waals surface area contributed by atoms with Gasteiger partial charge in [0.25, 0.3) is 0 Å². The molecule has 2 atom stereocenters. The van der Waals surface area contributed by atoms with Crippen molar-refractivity contribution in [3.8, 4) is 5.75 Å². The summed E-state index contributed by atoms with van der Waals surface area (Å²) in [6.07, 6.45) is 5.45. The van der Waals surface area contributed by atoms with Gasteiger partial charge in [0, 0.05) is 0 Å². The molecule has 1 N–H and O–H groups in total. The maximum absolute atomic E-state index is 11.0. The summed E-state index contributed by atoms with van der Waals surface area (Å²) in [5.74, 6) is 1.28. The van der Waals surface area contributed by atoms with E-state index in [0.29, 0.717) is 12.5 Å². The van der Waals surface area contributed by atoms with Gasteiger partial charge < -0.3 is 9.84 Å². The van der Waals surface area contributed by atoms with Crippen LogP contribution in [0, 0.1) is 5.92 Å². The smallest absolute Gasteiger partial charge is 0.119 e. The van der Waals surface area contributed by atoms with Gasteiger partial charge in [-0.3, -0.25) is 0 Å². The van der Waals surface area contributed by atoms with Crippen molar-refractivity contribution in [1.29, 1.82) is 0 Å². The van der Waals surface area contributed by atoms with E-state index < -0.39 is 5.60 Å². The van der Waals surface area contributed by atoms with Crippen LogP contribution in [0.2, 0.25) is 0 Å². The second kappa shape index (κ2) is 5.75. The number of aliphatic hydroxyl groups is 1. The Bertz CT molecular complexity index is 371. The second-order valence-electron chi connectivity index (χ2n) is 5.23. The van der Waals surface area contributed by atoms with Crippen LogP contribution in [0.1, 0.15) is 51.5 Å². The highest BCUT2D eigenvalue weighted by molar-refractivity contribution is 5.31. The van der Waals surface area contributed by atoms with E-state index in [1.165, 1.54) is 6.42 Å². The molecule has 0 saturated heterocycles. The Balaban J connectivity index is 2.22. The monoisotopic (exact) mass is 248 g/mol. The van der Waals surface area contributed by atoms with E-state index in [9.17, 15) is 5.11 Å². The molecule has 0 amide bonds. The normalized spacial score (nSPS) is 28.1. The van der Waals surface area contributed by atoms with E-state index >= 15 is 0 Å². The molecule has 2 unspecified atom stereocenters. The Labute approximate surface area is 110 Å². The zero-order valence-electron chi connectivity index (χ0n) is 11.5. The van der Waals surface area contributed by atoms with Gasteiger partial charge in [0.1, 0.15) is 5.75 Å². The zero-order valence-corrected chi connectivity index (χ0v) is 11.5. The van der Waals surface area contributed by atoms with Crippen molar-refractivity contribution in [3.63, 3.8) is 0 Å². The largest absolute Gasteiger partial charge is 0.494 e. The molecule has 0 heterocycles. The first-order valence-corrected chi connectivity index (χ1v) is 7.16. The molecular formula is C16H24O2. The number of ether oxygens (including phenoxy) is 1. The lowest BCUT2D eigenvalue weighted by atomic mass is 9.70. The summed E-state index contributed by atoms with van der Waals surface area (Å²) in [7, 11) is 0. The summed E-state index contributed by atoms with van der Waals surface area (Å²) in [4.78, 5) is 0. The first-order chi connectivity index (χ1) is 8.70. The van der Waals surface area contributed by atoms with Crippen molar-refractivity contribution in [2.75, 3.05) is 6.61 Å². The third-order valence-corrected chi connectivity index (χ3v) is 4.19. The topological polar surface area (TPSA) is 29.5 Å². The van der Waals surface area contributed by atoms with Crippen molar-refractivity contribution >= 4 is 0 Å². The predicted octanol–water partition coefficient (Wildman–Crippen LogP) is 3.87. The average Bonchev–Trinajstić information content (AvgIpc) is 2.40. The predicted molar refractivity (Wildman–Crippen MR) is 73.8 cm³/mol. The minimum Gasteiger partial charge on any atom is -0.494 e. The Morgan fingerprint density at radius 1 is 1.22 bits per heavy atom. The molecule has 0 aromatic heterocycles. The van der Waals surface area contributed by atoms with Gasteiger partial charge >= 0.3 is 0 Å². The fourth-order valence-electron chi connectivity index (χ4n) is 3.16. The van der Waals surface area contributed by atoms with Gasteiger partial charge in [-0.15, -0.1) is 0 Å². The molecule has 100 valence electrons. The summed E-state index contributed by atoms with van der Waals surface area (Å²) < 4.78 is 5.45. The minimum absolute atomic E-state index is 0.393. The van der Waals surface area contributed by atoms with Gasteiger partial charge in [0.15, 0.2) is 0 Å². The lowest BCUT2D eigenvalue weighted by Crippen LogP contribution is -2.37. The standard InChI is InChI=1S/C16H24O2/c1-3-13-7-5-6-12-16(13,17)14-8-10-15(11-9-14)18-4-2/h8-11,13,17H,3-7,12H2,1-2H3. The van der Waals surface area contributed by atoms with Crippen molar-refractivity contribution in [2.24, 2.45) is 5.92 Å².